The van der Waals surface area contributed by atoms with Crippen LogP contribution in [0.3, 0.4) is 0 Å². The zero-order valence-electron chi connectivity index (χ0n) is 16.6. The Hall–Kier alpha value is -1.68. The summed E-state index contributed by atoms with van der Waals surface area (Å²) in [6.45, 7) is 6.15. The fourth-order valence-corrected chi connectivity index (χ4v) is 4.81. The molecule has 3 saturated carbocycles. The monoisotopic (exact) mass is 378 g/mol. The Morgan fingerprint density at radius 1 is 1.19 bits per heavy atom. The van der Waals surface area contributed by atoms with E-state index in [0.717, 1.165) is 38.5 Å². The molecule has 6 nitrogen and oxygen atoms in total. The van der Waals surface area contributed by atoms with Crippen LogP contribution in [0.1, 0.15) is 65.7 Å². The summed E-state index contributed by atoms with van der Waals surface area (Å²) < 4.78 is 13.5. The summed E-state index contributed by atoms with van der Waals surface area (Å²) in [6.07, 6.45) is 4.08. The van der Waals surface area contributed by atoms with Crippen molar-refractivity contribution in [3.05, 3.63) is 0 Å². The number of nitriles is 1. The van der Waals surface area contributed by atoms with E-state index in [1.54, 1.807) is 0 Å². The fraction of sp³-hybridized carbons (Fsp3) is 0.850. The Morgan fingerprint density at radius 3 is 2.30 bits per heavy atom. The van der Waals surface area contributed by atoms with Crippen molar-refractivity contribution in [3.63, 3.8) is 0 Å². The highest BCUT2D eigenvalue weighted by molar-refractivity contribution is 5.84. The second kappa shape index (κ2) is 7.05. The third-order valence-corrected chi connectivity index (χ3v) is 6.55. The predicted molar refractivity (Wildman–Crippen MR) is 99.4 cm³/mol. The highest BCUT2D eigenvalue weighted by Gasteiger charge is 2.52. The molecule has 150 valence electrons. The summed E-state index contributed by atoms with van der Waals surface area (Å²) >= 11 is 0. The van der Waals surface area contributed by atoms with E-state index >= 15 is 0 Å². The maximum Gasteiger partial charge on any atom is 0.237 e. The van der Waals surface area contributed by atoms with Crippen molar-refractivity contribution in [2.75, 3.05) is 13.1 Å². The van der Waals surface area contributed by atoms with Gasteiger partial charge in [0.1, 0.15) is 12.2 Å². The number of carbonyl (C=O) groups is 2. The summed E-state index contributed by atoms with van der Waals surface area (Å²) in [7, 11) is 0. The molecule has 0 radical (unpaired) electrons. The third-order valence-electron chi connectivity index (χ3n) is 6.55. The largest absolute Gasteiger partial charge is 0.351 e. The molecular weight excluding hydrogens is 347 g/mol. The van der Waals surface area contributed by atoms with Crippen LogP contribution in [0, 0.1) is 16.7 Å². The molecule has 2 amide bonds. The lowest BCUT2D eigenvalue weighted by molar-refractivity contribution is -0.141. The Kier molecular flexibility index (Phi) is 5.24. The van der Waals surface area contributed by atoms with Gasteiger partial charge < -0.3 is 15.5 Å². The number of fused-ring (bicyclic) bond motifs is 3. The highest BCUT2D eigenvalue weighted by atomic mass is 19.1. The molecule has 0 aromatic rings. The van der Waals surface area contributed by atoms with E-state index in [9.17, 15) is 14.0 Å². The summed E-state index contributed by atoms with van der Waals surface area (Å²) in [5.74, 6) is -0.0498. The van der Waals surface area contributed by atoms with Gasteiger partial charge in [0.25, 0.3) is 0 Å². The molecule has 4 fully saturated rings. The van der Waals surface area contributed by atoms with Crippen LogP contribution in [0.25, 0.3) is 0 Å². The molecule has 0 aromatic heterocycles. The van der Waals surface area contributed by atoms with Crippen LogP contribution in [0.5, 0.6) is 0 Å². The topological polar surface area (TPSA) is 85.2 Å². The van der Waals surface area contributed by atoms with Crippen LogP contribution in [-0.2, 0) is 9.59 Å². The molecule has 1 heterocycles. The van der Waals surface area contributed by atoms with Crippen LogP contribution in [-0.4, -0.2) is 53.1 Å². The van der Waals surface area contributed by atoms with Gasteiger partial charge in [-0.15, -0.1) is 0 Å². The normalized spacial score (nSPS) is 35.7. The first-order chi connectivity index (χ1) is 12.6. The van der Waals surface area contributed by atoms with E-state index in [2.05, 4.69) is 10.6 Å². The number of nitrogens with one attached hydrogen (secondary N) is 2. The lowest BCUT2D eigenvalue weighted by Gasteiger charge is -2.53. The minimum atomic E-state index is -1.11. The average Bonchev–Trinajstić information content (AvgIpc) is 3.01. The van der Waals surface area contributed by atoms with Gasteiger partial charge in [-0.2, -0.15) is 5.26 Å². The van der Waals surface area contributed by atoms with E-state index in [1.807, 2.05) is 26.8 Å². The average molecular weight is 378 g/mol. The van der Waals surface area contributed by atoms with Crippen molar-refractivity contribution in [1.29, 1.82) is 5.26 Å². The smallest absolute Gasteiger partial charge is 0.237 e. The molecule has 2 bridgehead atoms. The maximum atomic E-state index is 13.5. The number of rotatable bonds is 4. The van der Waals surface area contributed by atoms with Gasteiger partial charge in [-0.25, -0.2) is 4.39 Å². The van der Waals surface area contributed by atoms with Gasteiger partial charge in [0.2, 0.25) is 11.8 Å². The number of amides is 2. The molecule has 1 aliphatic heterocycles. The fourth-order valence-electron chi connectivity index (χ4n) is 4.81. The minimum Gasteiger partial charge on any atom is -0.351 e. The summed E-state index contributed by atoms with van der Waals surface area (Å²) in [6, 6.07) is 1.37. The number of alkyl halides is 1. The van der Waals surface area contributed by atoms with Gasteiger partial charge in [0, 0.05) is 22.9 Å². The van der Waals surface area contributed by atoms with Crippen LogP contribution < -0.4 is 10.6 Å². The molecule has 2 atom stereocenters. The highest BCUT2D eigenvalue weighted by Crippen LogP contribution is 2.52. The number of halogens is 1. The molecule has 7 heteroatoms. The van der Waals surface area contributed by atoms with Crippen molar-refractivity contribution in [1.82, 2.24) is 15.5 Å². The number of nitrogens with zero attached hydrogens (tertiary/aromatic N) is 2. The van der Waals surface area contributed by atoms with Crippen molar-refractivity contribution < 1.29 is 14.0 Å². The van der Waals surface area contributed by atoms with E-state index in [0.29, 0.717) is 0 Å². The molecule has 0 spiro atoms. The van der Waals surface area contributed by atoms with E-state index in [1.165, 1.54) is 4.90 Å². The van der Waals surface area contributed by atoms with Gasteiger partial charge in [-0.05, 0) is 59.3 Å². The van der Waals surface area contributed by atoms with Crippen LogP contribution in [0.15, 0.2) is 0 Å². The Bertz CT molecular complexity index is 627. The Balaban J connectivity index is 1.55. The zero-order chi connectivity index (χ0) is 19.9. The van der Waals surface area contributed by atoms with Crippen LogP contribution in [0.4, 0.5) is 4.39 Å². The molecule has 1 unspecified atom stereocenters. The molecule has 1 saturated heterocycles. The second-order valence-electron chi connectivity index (χ2n) is 9.64. The molecule has 3 aliphatic carbocycles. The summed E-state index contributed by atoms with van der Waals surface area (Å²) in [5, 5.41) is 15.7. The van der Waals surface area contributed by atoms with Gasteiger partial charge in [0.15, 0.2) is 0 Å². The SMILES string of the molecule is CC(C)(C)NC(=O)C12CCC(NCC(=O)N3C[C@@H](F)CC3C#N)(CC1)CC2. The summed E-state index contributed by atoms with van der Waals surface area (Å²) in [4.78, 5) is 26.6. The lowest BCUT2D eigenvalue weighted by Crippen LogP contribution is -2.61. The third kappa shape index (κ3) is 4.11. The van der Waals surface area contributed by atoms with Gasteiger partial charge in [-0.1, -0.05) is 0 Å². The molecule has 4 rings (SSSR count). The van der Waals surface area contributed by atoms with Gasteiger partial charge in [-0.3, -0.25) is 9.59 Å². The van der Waals surface area contributed by atoms with Crippen LogP contribution >= 0.6 is 0 Å². The standard InChI is InChI=1S/C20H31FN4O2/c1-18(2,3)24-17(27)19-4-7-20(8-5-19,9-6-19)23-12-16(26)25-13-14(21)10-15(25)11-22/h14-15,23H,4-10,12-13H2,1-3H3,(H,24,27)/t14-,15?,19?,20?/m0/s1. The quantitative estimate of drug-likeness (QED) is 0.784. The molecular formula is C20H31FN4O2. The van der Waals surface area contributed by atoms with Gasteiger partial charge >= 0.3 is 0 Å². The van der Waals surface area contributed by atoms with Crippen molar-refractivity contribution >= 4 is 11.8 Å². The maximum absolute atomic E-state index is 13.5. The first-order valence-electron chi connectivity index (χ1n) is 9.99. The zero-order valence-corrected chi connectivity index (χ0v) is 16.6. The number of carbonyl (C=O) groups excluding carboxylic acids is 2. The minimum absolute atomic E-state index is 0.0157. The van der Waals surface area contributed by atoms with Crippen molar-refractivity contribution in [2.45, 2.75) is 89.0 Å². The van der Waals surface area contributed by atoms with E-state index < -0.39 is 12.2 Å². The number of likely N-dealkylation sites (tertiary alicyclic amines) is 1. The van der Waals surface area contributed by atoms with Gasteiger partial charge in [0.05, 0.1) is 19.2 Å². The van der Waals surface area contributed by atoms with Crippen molar-refractivity contribution in [2.24, 2.45) is 5.41 Å². The summed E-state index contributed by atoms with van der Waals surface area (Å²) in [5.41, 5.74) is -0.622. The number of hydrogen-bond acceptors (Lipinski definition) is 4. The molecule has 4 aliphatic rings. The lowest BCUT2D eigenvalue weighted by atomic mass is 9.56. The number of hydrogen-bond donors (Lipinski definition) is 2. The van der Waals surface area contributed by atoms with E-state index in [-0.39, 0.29) is 47.8 Å². The van der Waals surface area contributed by atoms with Crippen molar-refractivity contribution in [3.8, 4) is 6.07 Å². The first-order valence-corrected chi connectivity index (χ1v) is 9.99. The first kappa shape index (κ1) is 20.1. The molecule has 0 aromatic carbocycles. The predicted octanol–water partition coefficient (Wildman–Crippen LogP) is 2.05. The molecule has 27 heavy (non-hydrogen) atoms. The van der Waals surface area contributed by atoms with Crippen LogP contribution in [0.2, 0.25) is 0 Å². The Morgan fingerprint density at radius 2 is 1.78 bits per heavy atom. The Labute approximate surface area is 160 Å². The molecule has 2 N–H and O–H groups in total. The second-order valence-corrected chi connectivity index (χ2v) is 9.64. The van der Waals surface area contributed by atoms with E-state index in [4.69, 9.17) is 5.26 Å².